The van der Waals surface area contributed by atoms with Gasteiger partial charge in [-0.05, 0) is 61.1 Å². The first-order valence-corrected chi connectivity index (χ1v) is 13.5. The molecule has 6 rings (SSSR count). The Bertz CT molecular complexity index is 1430. The van der Waals surface area contributed by atoms with E-state index >= 15 is 0 Å². The van der Waals surface area contributed by atoms with E-state index in [0.717, 1.165) is 34.6 Å². The minimum atomic E-state index is -1.07. The van der Waals surface area contributed by atoms with Gasteiger partial charge < -0.3 is 4.74 Å². The van der Waals surface area contributed by atoms with Crippen molar-refractivity contribution in [3.8, 4) is 0 Å². The Labute approximate surface area is 227 Å². The number of anilines is 2. The smallest absolute Gasteiger partial charge is 0.341 e. The van der Waals surface area contributed by atoms with Gasteiger partial charge in [0.2, 0.25) is 5.91 Å². The molecule has 7 nitrogen and oxygen atoms in total. The summed E-state index contributed by atoms with van der Waals surface area (Å²) in [6.45, 7) is 0. The molecule has 3 atom stereocenters. The highest BCUT2D eigenvalue weighted by Gasteiger charge is 2.61. The third-order valence-electron chi connectivity index (χ3n) is 7.15. The SMILES string of the molecule is COC(=O)c1c(N2C(=O)C3ON(c4ccccc4)C(c4ccc(Cl)cc4Cl)C3C2=O)sc2c1CCCC2. The van der Waals surface area contributed by atoms with E-state index < -0.39 is 35.8 Å². The first-order valence-electron chi connectivity index (χ1n) is 12.0. The molecule has 2 amide bonds. The van der Waals surface area contributed by atoms with Crippen LogP contribution in [0.3, 0.4) is 0 Å². The van der Waals surface area contributed by atoms with E-state index in [-0.39, 0.29) is 0 Å². The number of carbonyl (C=O) groups is 3. The van der Waals surface area contributed by atoms with Gasteiger partial charge in [-0.3, -0.25) is 14.4 Å². The second-order valence-electron chi connectivity index (χ2n) is 9.22. The van der Waals surface area contributed by atoms with Gasteiger partial charge in [-0.15, -0.1) is 11.3 Å². The minimum absolute atomic E-state index is 0.310. The first kappa shape index (κ1) is 24.4. The maximum Gasteiger partial charge on any atom is 0.341 e. The van der Waals surface area contributed by atoms with Crippen molar-refractivity contribution >= 4 is 63.0 Å². The molecular formula is C27H22Cl2N2O5S. The number of para-hydroxylation sites is 1. The molecule has 190 valence electrons. The van der Waals surface area contributed by atoms with E-state index in [1.165, 1.54) is 18.4 Å². The summed E-state index contributed by atoms with van der Waals surface area (Å²) < 4.78 is 5.07. The van der Waals surface area contributed by atoms with Crippen molar-refractivity contribution < 1.29 is 24.0 Å². The van der Waals surface area contributed by atoms with Crippen LogP contribution >= 0.6 is 34.5 Å². The van der Waals surface area contributed by atoms with Crippen LogP contribution < -0.4 is 9.96 Å². The van der Waals surface area contributed by atoms with E-state index in [2.05, 4.69) is 0 Å². The fraction of sp³-hybridized carbons (Fsp3) is 0.296. The second-order valence-corrected chi connectivity index (χ2v) is 11.1. The van der Waals surface area contributed by atoms with Crippen LogP contribution in [0.15, 0.2) is 48.5 Å². The molecule has 1 aromatic heterocycles. The number of fused-ring (bicyclic) bond motifs is 2. The lowest BCUT2D eigenvalue weighted by atomic mass is 9.90. The van der Waals surface area contributed by atoms with E-state index in [1.54, 1.807) is 23.3 Å². The van der Waals surface area contributed by atoms with Crippen molar-refractivity contribution in [3.05, 3.63) is 80.1 Å². The summed E-state index contributed by atoms with van der Waals surface area (Å²) in [4.78, 5) is 49.1. The molecule has 0 spiro atoms. The van der Waals surface area contributed by atoms with Crippen LogP contribution in [0.25, 0.3) is 0 Å². The highest BCUT2D eigenvalue weighted by atomic mass is 35.5. The number of benzene rings is 2. The van der Waals surface area contributed by atoms with Crippen molar-refractivity contribution in [2.24, 2.45) is 5.92 Å². The molecule has 2 saturated heterocycles. The lowest BCUT2D eigenvalue weighted by molar-refractivity contribution is -0.126. The van der Waals surface area contributed by atoms with Gasteiger partial charge in [0, 0.05) is 14.9 Å². The van der Waals surface area contributed by atoms with Crippen LogP contribution in [0.5, 0.6) is 0 Å². The summed E-state index contributed by atoms with van der Waals surface area (Å²) in [5.41, 5.74) is 2.48. The summed E-state index contributed by atoms with van der Waals surface area (Å²) in [7, 11) is 1.31. The lowest BCUT2D eigenvalue weighted by Crippen LogP contribution is -2.37. The molecule has 2 aromatic carbocycles. The van der Waals surface area contributed by atoms with Gasteiger partial charge in [-0.2, -0.15) is 0 Å². The molecule has 0 saturated carbocycles. The monoisotopic (exact) mass is 556 g/mol. The largest absolute Gasteiger partial charge is 0.465 e. The molecule has 3 aliphatic rings. The molecule has 3 unspecified atom stereocenters. The number of ether oxygens (including phenoxy) is 1. The Morgan fingerprint density at radius 1 is 1.05 bits per heavy atom. The number of imide groups is 1. The van der Waals surface area contributed by atoms with Crippen LogP contribution in [0, 0.1) is 5.92 Å². The summed E-state index contributed by atoms with van der Waals surface area (Å²) >= 11 is 14.1. The molecular weight excluding hydrogens is 535 g/mol. The molecule has 37 heavy (non-hydrogen) atoms. The van der Waals surface area contributed by atoms with E-state index in [9.17, 15) is 14.4 Å². The fourth-order valence-corrected chi connectivity index (χ4v) is 7.40. The van der Waals surface area contributed by atoms with Crippen molar-refractivity contribution in [1.29, 1.82) is 0 Å². The average molecular weight is 557 g/mol. The molecule has 0 N–H and O–H groups in total. The summed E-state index contributed by atoms with van der Waals surface area (Å²) in [5.74, 6) is -2.37. The number of carbonyl (C=O) groups excluding carboxylic acids is 3. The molecule has 2 aliphatic heterocycles. The van der Waals surface area contributed by atoms with Crippen LogP contribution in [-0.4, -0.2) is 31.0 Å². The summed E-state index contributed by atoms with van der Waals surface area (Å²) in [5, 5.41) is 2.72. The third kappa shape index (κ3) is 3.85. The van der Waals surface area contributed by atoms with Gasteiger partial charge in [0.25, 0.3) is 5.91 Å². The number of hydrogen-bond acceptors (Lipinski definition) is 7. The van der Waals surface area contributed by atoms with Crippen molar-refractivity contribution in [3.63, 3.8) is 0 Å². The zero-order valence-corrected chi connectivity index (χ0v) is 22.1. The maximum atomic E-state index is 14.1. The fourth-order valence-electron chi connectivity index (χ4n) is 5.49. The highest BCUT2D eigenvalue weighted by Crippen LogP contribution is 2.51. The van der Waals surface area contributed by atoms with Gasteiger partial charge in [-0.25, -0.2) is 14.8 Å². The number of nitrogens with zero attached hydrogens (tertiary/aromatic N) is 2. The zero-order valence-electron chi connectivity index (χ0n) is 19.8. The maximum absolute atomic E-state index is 14.1. The Kier molecular flexibility index (Phi) is 6.23. The number of halogens is 2. The van der Waals surface area contributed by atoms with Crippen LogP contribution in [0.2, 0.25) is 10.0 Å². The molecule has 3 heterocycles. The average Bonchev–Trinajstić information content (AvgIpc) is 3.54. The Balaban J connectivity index is 1.47. The lowest BCUT2D eigenvalue weighted by Gasteiger charge is -2.29. The zero-order chi connectivity index (χ0) is 25.8. The standard InChI is InChI=1S/C27H22Cl2N2O5S/c1-35-27(34)20-17-9-5-6-10-19(17)37-26(20)30-24(32)21-22(16-12-11-14(28)13-18(16)29)31(36-23(21)25(30)33)15-7-3-2-4-8-15/h2-4,7-8,11-13,21-23H,5-6,9-10H2,1H3. The highest BCUT2D eigenvalue weighted by molar-refractivity contribution is 7.17. The molecule has 1 aliphatic carbocycles. The number of amides is 2. The number of esters is 1. The van der Waals surface area contributed by atoms with Gasteiger partial charge in [-0.1, -0.05) is 47.5 Å². The number of thiophene rings is 1. The van der Waals surface area contributed by atoms with Crippen LogP contribution in [0.4, 0.5) is 10.7 Å². The van der Waals surface area contributed by atoms with Crippen LogP contribution in [-0.2, 0) is 32.0 Å². The van der Waals surface area contributed by atoms with Gasteiger partial charge in [0.1, 0.15) is 10.9 Å². The normalized spacial score (nSPS) is 22.8. The number of hydroxylamine groups is 1. The van der Waals surface area contributed by atoms with Gasteiger partial charge in [0.05, 0.1) is 24.4 Å². The van der Waals surface area contributed by atoms with Crippen molar-refractivity contribution in [2.45, 2.75) is 37.8 Å². The summed E-state index contributed by atoms with van der Waals surface area (Å²) in [6.07, 6.45) is 2.36. The Morgan fingerprint density at radius 2 is 1.81 bits per heavy atom. The quantitative estimate of drug-likeness (QED) is 0.300. The Morgan fingerprint density at radius 3 is 2.54 bits per heavy atom. The molecule has 3 aromatic rings. The number of aryl methyl sites for hydroxylation is 1. The molecule has 0 radical (unpaired) electrons. The van der Waals surface area contributed by atoms with E-state index in [0.29, 0.717) is 38.3 Å². The molecule has 2 fully saturated rings. The molecule has 0 bridgehead atoms. The Hall–Kier alpha value is -2.91. The summed E-state index contributed by atoms with van der Waals surface area (Å²) in [6, 6.07) is 13.6. The van der Waals surface area contributed by atoms with Crippen LogP contribution in [0.1, 0.15) is 45.2 Å². The second kappa shape index (κ2) is 9.44. The minimum Gasteiger partial charge on any atom is -0.465 e. The number of hydrogen-bond donors (Lipinski definition) is 0. The third-order valence-corrected chi connectivity index (χ3v) is 8.99. The van der Waals surface area contributed by atoms with E-state index in [1.807, 2.05) is 30.3 Å². The number of rotatable bonds is 4. The predicted molar refractivity (Wildman–Crippen MR) is 141 cm³/mol. The van der Waals surface area contributed by atoms with Gasteiger partial charge in [0.15, 0.2) is 6.10 Å². The van der Waals surface area contributed by atoms with Gasteiger partial charge >= 0.3 is 5.97 Å². The molecule has 10 heteroatoms. The predicted octanol–water partition coefficient (Wildman–Crippen LogP) is 5.77. The van der Waals surface area contributed by atoms with E-state index in [4.69, 9.17) is 32.8 Å². The van der Waals surface area contributed by atoms with Crippen molar-refractivity contribution in [1.82, 2.24) is 0 Å². The van der Waals surface area contributed by atoms with Crippen molar-refractivity contribution in [2.75, 3.05) is 17.1 Å². The first-order chi connectivity index (χ1) is 17.9. The topological polar surface area (TPSA) is 76.2 Å². The number of methoxy groups -OCH3 is 1.